The molecule has 29 heavy (non-hydrogen) atoms. The Kier molecular flexibility index (Phi) is 5.25. The summed E-state index contributed by atoms with van der Waals surface area (Å²) in [6.07, 6.45) is 7.47. The molecule has 4 heteroatoms. The largest absolute Gasteiger partial charge is 0.325 e. The van der Waals surface area contributed by atoms with Crippen molar-refractivity contribution < 1.29 is 0 Å². The van der Waals surface area contributed by atoms with Crippen LogP contribution < -0.4 is 5.32 Å². The lowest BCUT2D eigenvalue weighted by Crippen LogP contribution is -2.37. The number of halogens is 1. The van der Waals surface area contributed by atoms with Crippen molar-refractivity contribution in [3.63, 3.8) is 0 Å². The maximum Gasteiger partial charge on any atom is 0.106 e. The molecule has 0 amide bonds. The smallest absolute Gasteiger partial charge is 0.106 e. The van der Waals surface area contributed by atoms with Gasteiger partial charge in [-0.15, -0.1) is 0 Å². The van der Waals surface area contributed by atoms with Crippen LogP contribution in [0.1, 0.15) is 54.2 Å². The first-order chi connectivity index (χ1) is 14.1. The van der Waals surface area contributed by atoms with E-state index >= 15 is 0 Å². The number of hydrogen-bond donors (Lipinski definition) is 1. The maximum absolute atomic E-state index is 4.83. The topological polar surface area (TPSA) is 29.9 Å². The van der Waals surface area contributed by atoms with E-state index in [4.69, 9.17) is 4.98 Å². The lowest BCUT2D eigenvalue weighted by molar-refractivity contribution is 0.283. The van der Waals surface area contributed by atoms with Gasteiger partial charge in [0.2, 0.25) is 0 Å². The SMILES string of the molecule is Cc1ccc2c(c1)nc(C)n2[C@H]1CC[C@@H](NC[C@H]2Cc3ccc(Br)cc3C2)CC1. The summed E-state index contributed by atoms with van der Waals surface area (Å²) in [5, 5.41) is 3.90. The summed E-state index contributed by atoms with van der Waals surface area (Å²) in [5.41, 5.74) is 6.82. The average Bonchev–Trinajstić information content (AvgIpc) is 3.25. The molecular formula is C25H30BrN3. The molecular weight excluding hydrogens is 422 g/mol. The highest BCUT2D eigenvalue weighted by atomic mass is 79.9. The number of nitrogens with zero attached hydrogens (tertiary/aromatic N) is 2. The minimum absolute atomic E-state index is 0.592. The van der Waals surface area contributed by atoms with Gasteiger partial charge in [0.15, 0.2) is 0 Å². The molecule has 5 rings (SSSR count). The average molecular weight is 452 g/mol. The first-order valence-electron chi connectivity index (χ1n) is 11.0. The molecule has 1 atom stereocenters. The fraction of sp³-hybridized carbons (Fsp3) is 0.480. The highest BCUT2D eigenvalue weighted by Crippen LogP contribution is 2.34. The van der Waals surface area contributed by atoms with Gasteiger partial charge >= 0.3 is 0 Å². The number of hydrogen-bond acceptors (Lipinski definition) is 2. The Morgan fingerprint density at radius 1 is 1.00 bits per heavy atom. The predicted molar refractivity (Wildman–Crippen MR) is 124 cm³/mol. The molecule has 1 heterocycles. The normalized spacial score (nSPS) is 24.2. The molecule has 0 aliphatic heterocycles. The van der Waals surface area contributed by atoms with E-state index in [0.717, 1.165) is 23.8 Å². The minimum atomic E-state index is 0.592. The molecule has 1 aromatic heterocycles. The Morgan fingerprint density at radius 2 is 1.79 bits per heavy atom. The lowest BCUT2D eigenvalue weighted by Gasteiger charge is -2.31. The van der Waals surface area contributed by atoms with Crippen LogP contribution in [0.2, 0.25) is 0 Å². The Hall–Kier alpha value is -1.65. The van der Waals surface area contributed by atoms with Crippen molar-refractivity contribution in [2.24, 2.45) is 5.92 Å². The van der Waals surface area contributed by atoms with Crippen molar-refractivity contribution >= 4 is 27.0 Å². The third-order valence-corrected chi connectivity index (χ3v) is 7.46. The molecule has 0 saturated heterocycles. The molecule has 2 aliphatic carbocycles. The first kappa shape index (κ1) is 19.3. The summed E-state index contributed by atoms with van der Waals surface area (Å²) in [6.45, 7) is 5.45. The fourth-order valence-corrected chi connectivity index (χ4v) is 5.89. The fourth-order valence-electron chi connectivity index (χ4n) is 5.48. The van der Waals surface area contributed by atoms with Crippen molar-refractivity contribution in [3.8, 4) is 0 Å². The molecule has 2 aliphatic rings. The van der Waals surface area contributed by atoms with Crippen LogP contribution >= 0.6 is 15.9 Å². The van der Waals surface area contributed by atoms with Gasteiger partial charge in [0.05, 0.1) is 11.0 Å². The van der Waals surface area contributed by atoms with Gasteiger partial charge in [0, 0.05) is 16.6 Å². The van der Waals surface area contributed by atoms with Gasteiger partial charge in [0.1, 0.15) is 5.82 Å². The van der Waals surface area contributed by atoms with Crippen molar-refractivity contribution in [2.45, 2.75) is 64.5 Å². The number of aryl methyl sites for hydroxylation is 2. The summed E-state index contributed by atoms with van der Waals surface area (Å²) in [6, 6.07) is 14.7. The summed E-state index contributed by atoms with van der Waals surface area (Å²) in [4.78, 5) is 4.83. The standard InChI is InChI=1S/C25H30BrN3/c1-16-3-10-25-24(11-16)28-17(2)29(25)23-8-6-22(7-9-23)27-15-18-12-19-4-5-21(26)14-20(19)13-18/h3-5,10-11,14,18,22-23,27H,6-9,12-13,15H2,1-2H3/t18-,22-,23+/m0/s1. The van der Waals surface area contributed by atoms with Crippen molar-refractivity contribution in [1.29, 1.82) is 0 Å². The Balaban J connectivity index is 1.17. The molecule has 3 aromatic rings. The Labute approximate surface area is 182 Å². The summed E-state index contributed by atoms with van der Waals surface area (Å²) < 4.78 is 3.71. The molecule has 0 spiro atoms. The van der Waals surface area contributed by atoms with Gasteiger partial charge < -0.3 is 9.88 Å². The van der Waals surface area contributed by atoms with E-state index < -0.39 is 0 Å². The van der Waals surface area contributed by atoms with E-state index in [1.807, 2.05) is 0 Å². The van der Waals surface area contributed by atoms with E-state index in [2.05, 4.69) is 76.1 Å². The van der Waals surface area contributed by atoms with Gasteiger partial charge in [0.25, 0.3) is 0 Å². The molecule has 1 N–H and O–H groups in total. The molecule has 1 saturated carbocycles. The van der Waals surface area contributed by atoms with Gasteiger partial charge in [-0.25, -0.2) is 4.98 Å². The van der Waals surface area contributed by atoms with Crippen molar-refractivity contribution in [2.75, 3.05) is 6.54 Å². The molecule has 152 valence electrons. The number of imidazole rings is 1. The zero-order valence-electron chi connectivity index (χ0n) is 17.4. The first-order valence-corrected chi connectivity index (χ1v) is 11.8. The van der Waals surface area contributed by atoms with Gasteiger partial charge in [-0.3, -0.25) is 0 Å². The Morgan fingerprint density at radius 3 is 2.62 bits per heavy atom. The summed E-state index contributed by atoms with van der Waals surface area (Å²) in [5.74, 6) is 1.91. The van der Waals surface area contributed by atoms with E-state index in [1.54, 1.807) is 5.56 Å². The third kappa shape index (κ3) is 3.89. The zero-order chi connectivity index (χ0) is 20.0. The second kappa shape index (κ2) is 7.88. The number of aromatic nitrogens is 2. The van der Waals surface area contributed by atoms with E-state index in [1.165, 1.54) is 59.6 Å². The van der Waals surface area contributed by atoms with Crippen molar-refractivity contribution in [3.05, 3.63) is 63.4 Å². The monoisotopic (exact) mass is 451 g/mol. The third-order valence-electron chi connectivity index (χ3n) is 6.96. The second-order valence-electron chi connectivity index (χ2n) is 9.12. The van der Waals surface area contributed by atoms with Crippen LogP contribution in [0, 0.1) is 19.8 Å². The van der Waals surface area contributed by atoms with Crippen LogP contribution in [0.15, 0.2) is 40.9 Å². The summed E-state index contributed by atoms with van der Waals surface area (Å²) in [7, 11) is 0. The van der Waals surface area contributed by atoms with E-state index in [9.17, 15) is 0 Å². The van der Waals surface area contributed by atoms with Gasteiger partial charge in [-0.2, -0.15) is 0 Å². The van der Waals surface area contributed by atoms with Crippen molar-refractivity contribution in [1.82, 2.24) is 14.9 Å². The highest BCUT2D eigenvalue weighted by molar-refractivity contribution is 9.10. The van der Waals surface area contributed by atoms with Crippen LogP contribution in [-0.2, 0) is 12.8 Å². The molecule has 3 nitrogen and oxygen atoms in total. The van der Waals surface area contributed by atoms with E-state index in [0.29, 0.717) is 12.1 Å². The number of nitrogens with one attached hydrogen (secondary N) is 1. The van der Waals surface area contributed by atoms with Gasteiger partial charge in [-0.1, -0.05) is 28.1 Å². The van der Waals surface area contributed by atoms with Crippen LogP contribution in [0.4, 0.5) is 0 Å². The van der Waals surface area contributed by atoms with Crippen LogP contribution in [0.25, 0.3) is 11.0 Å². The number of fused-ring (bicyclic) bond motifs is 2. The van der Waals surface area contributed by atoms with Gasteiger partial charge in [-0.05, 0) is 106 Å². The van der Waals surface area contributed by atoms with Crippen LogP contribution in [0.3, 0.4) is 0 Å². The molecule has 0 radical (unpaired) electrons. The number of rotatable bonds is 4. The van der Waals surface area contributed by atoms with Crippen LogP contribution in [-0.4, -0.2) is 22.1 Å². The maximum atomic E-state index is 4.83. The Bertz CT molecular complexity index is 1030. The van der Waals surface area contributed by atoms with E-state index in [-0.39, 0.29) is 0 Å². The predicted octanol–water partition coefficient (Wildman–Crippen LogP) is 5.90. The summed E-state index contributed by atoms with van der Waals surface area (Å²) >= 11 is 3.61. The zero-order valence-corrected chi connectivity index (χ0v) is 19.0. The lowest BCUT2D eigenvalue weighted by atomic mass is 9.90. The molecule has 0 bridgehead atoms. The molecule has 2 aromatic carbocycles. The number of benzene rings is 2. The molecule has 0 unspecified atom stereocenters. The molecule has 1 fully saturated rings. The highest BCUT2D eigenvalue weighted by Gasteiger charge is 2.26. The van der Waals surface area contributed by atoms with Crippen LogP contribution in [0.5, 0.6) is 0 Å². The second-order valence-corrected chi connectivity index (χ2v) is 10.0. The quantitative estimate of drug-likeness (QED) is 0.534. The minimum Gasteiger partial charge on any atom is -0.325 e.